The van der Waals surface area contributed by atoms with Gasteiger partial charge in [-0.05, 0) is 32.0 Å². The molecular weight excluding hydrogens is 264 g/mol. The number of aromatic nitrogens is 1. The van der Waals surface area contributed by atoms with Gasteiger partial charge in [-0.25, -0.2) is 4.98 Å². The Morgan fingerprint density at radius 3 is 2.95 bits per heavy atom. The predicted octanol–water partition coefficient (Wildman–Crippen LogP) is 2.67. The van der Waals surface area contributed by atoms with Gasteiger partial charge in [0.25, 0.3) is 5.91 Å². The number of hydrogen-bond donors (Lipinski definition) is 1. The van der Waals surface area contributed by atoms with Gasteiger partial charge in [0.2, 0.25) is 0 Å². The Labute approximate surface area is 115 Å². The molecule has 0 aliphatic carbocycles. The van der Waals surface area contributed by atoms with Crippen LogP contribution in [0.2, 0.25) is 0 Å². The molecule has 0 radical (unpaired) electrons. The number of nitrogens with zero attached hydrogens (tertiary/aromatic N) is 1. The number of thiazole rings is 1. The molecule has 0 fully saturated rings. The summed E-state index contributed by atoms with van der Waals surface area (Å²) in [5.41, 5.74) is 0.839. The fourth-order valence-corrected chi connectivity index (χ4v) is 2.39. The minimum atomic E-state index is -0.195. The van der Waals surface area contributed by atoms with Crippen LogP contribution in [-0.2, 0) is 9.53 Å². The molecule has 1 aromatic heterocycles. The lowest BCUT2D eigenvalue weighted by atomic mass is 10.3. The minimum Gasteiger partial charge on any atom is -0.497 e. The molecule has 102 valence electrons. The fraction of sp³-hybridized carbons (Fsp3) is 0.385. The second kappa shape index (κ2) is 5.99. The van der Waals surface area contributed by atoms with Gasteiger partial charge in [-0.1, -0.05) is 11.3 Å². The lowest BCUT2D eigenvalue weighted by Crippen LogP contribution is -2.20. The molecule has 19 heavy (non-hydrogen) atoms. The normalized spacial score (nSPS) is 10.9. The molecular formula is C13H16N2O3S. The number of hydrogen-bond acceptors (Lipinski definition) is 5. The van der Waals surface area contributed by atoms with Gasteiger partial charge in [0.05, 0.1) is 23.4 Å². The zero-order valence-corrected chi connectivity index (χ0v) is 11.9. The number of amides is 1. The van der Waals surface area contributed by atoms with Crippen LogP contribution in [0.4, 0.5) is 5.13 Å². The summed E-state index contributed by atoms with van der Waals surface area (Å²) in [5.74, 6) is 0.580. The van der Waals surface area contributed by atoms with E-state index >= 15 is 0 Å². The molecule has 0 atom stereocenters. The molecule has 0 saturated carbocycles. The third kappa shape index (κ3) is 3.65. The average molecular weight is 280 g/mol. The third-order valence-corrected chi connectivity index (χ3v) is 3.32. The molecule has 1 heterocycles. The summed E-state index contributed by atoms with van der Waals surface area (Å²) in [6.45, 7) is 3.81. The van der Waals surface area contributed by atoms with Crippen LogP contribution in [0.25, 0.3) is 10.2 Å². The van der Waals surface area contributed by atoms with Crippen molar-refractivity contribution < 1.29 is 14.3 Å². The summed E-state index contributed by atoms with van der Waals surface area (Å²) in [4.78, 5) is 16.0. The first-order chi connectivity index (χ1) is 9.08. The van der Waals surface area contributed by atoms with Crippen molar-refractivity contribution in [3.05, 3.63) is 18.2 Å². The third-order valence-electron chi connectivity index (χ3n) is 2.39. The van der Waals surface area contributed by atoms with Gasteiger partial charge in [0.15, 0.2) is 5.13 Å². The van der Waals surface area contributed by atoms with E-state index in [2.05, 4.69) is 10.3 Å². The molecule has 1 amide bonds. The van der Waals surface area contributed by atoms with Gasteiger partial charge >= 0.3 is 0 Å². The van der Waals surface area contributed by atoms with Gasteiger partial charge in [0, 0.05) is 0 Å². The summed E-state index contributed by atoms with van der Waals surface area (Å²) < 4.78 is 11.4. The highest BCUT2D eigenvalue weighted by atomic mass is 32.1. The van der Waals surface area contributed by atoms with Gasteiger partial charge in [-0.3, -0.25) is 10.1 Å². The van der Waals surface area contributed by atoms with Crippen molar-refractivity contribution >= 4 is 32.6 Å². The zero-order valence-electron chi connectivity index (χ0n) is 11.1. The molecule has 0 unspecified atom stereocenters. The zero-order chi connectivity index (χ0) is 13.8. The molecule has 1 N–H and O–H groups in total. The maximum Gasteiger partial charge on any atom is 0.252 e. The van der Waals surface area contributed by atoms with Crippen LogP contribution in [-0.4, -0.2) is 30.7 Å². The molecule has 2 rings (SSSR count). The van der Waals surface area contributed by atoms with Crippen LogP contribution >= 0.6 is 11.3 Å². The molecule has 5 nitrogen and oxygen atoms in total. The second-order valence-corrected chi connectivity index (χ2v) is 5.29. The maximum atomic E-state index is 11.6. The van der Waals surface area contributed by atoms with Crippen molar-refractivity contribution in [1.82, 2.24) is 4.98 Å². The van der Waals surface area contributed by atoms with Crippen molar-refractivity contribution in [2.75, 3.05) is 19.0 Å². The van der Waals surface area contributed by atoms with E-state index in [-0.39, 0.29) is 18.6 Å². The molecule has 2 aromatic rings. The first kappa shape index (κ1) is 13.8. The van der Waals surface area contributed by atoms with Crippen LogP contribution < -0.4 is 10.1 Å². The topological polar surface area (TPSA) is 60.5 Å². The van der Waals surface area contributed by atoms with Crippen molar-refractivity contribution in [2.24, 2.45) is 0 Å². The summed E-state index contributed by atoms with van der Waals surface area (Å²) in [6, 6.07) is 5.60. The van der Waals surface area contributed by atoms with Crippen molar-refractivity contribution in [3.8, 4) is 5.75 Å². The number of carbonyl (C=O) groups excluding carboxylic acids is 1. The summed E-state index contributed by atoms with van der Waals surface area (Å²) >= 11 is 1.41. The Morgan fingerprint density at radius 1 is 1.47 bits per heavy atom. The summed E-state index contributed by atoms with van der Waals surface area (Å²) in [5, 5.41) is 3.30. The number of ether oxygens (including phenoxy) is 2. The number of fused-ring (bicyclic) bond motifs is 1. The Bertz CT molecular complexity index is 580. The number of rotatable bonds is 5. The summed E-state index contributed by atoms with van der Waals surface area (Å²) in [6.07, 6.45) is 0.0328. The van der Waals surface area contributed by atoms with Crippen LogP contribution in [0.15, 0.2) is 18.2 Å². The molecule has 1 aromatic carbocycles. The van der Waals surface area contributed by atoms with E-state index < -0.39 is 0 Å². The molecule has 6 heteroatoms. The second-order valence-electron chi connectivity index (χ2n) is 4.26. The van der Waals surface area contributed by atoms with E-state index in [1.165, 1.54) is 11.3 Å². The number of methoxy groups -OCH3 is 1. The van der Waals surface area contributed by atoms with Crippen LogP contribution in [0, 0.1) is 0 Å². The molecule has 0 spiro atoms. The maximum absolute atomic E-state index is 11.6. The molecule has 0 saturated heterocycles. The Kier molecular flexibility index (Phi) is 4.34. The average Bonchev–Trinajstić information content (AvgIpc) is 2.77. The fourth-order valence-electron chi connectivity index (χ4n) is 1.48. The first-order valence-electron chi connectivity index (χ1n) is 5.94. The Balaban J connectivity index is 2.06. The Hall–Kier alpha value is -1.66. The van der Waals surface area contributed by atoms with E-state index in [9.17, 15) is 4.79 Å². The van der Waals surface area contributed by atoms with Crippen LogP contribution in [0.1, 0.15) is 13.8 Å². The van der Waals surface area contributed by atoms with Gasteiger partial charge in [-0.2, -0.15) is 0 Å². The highest BCUT2D eigenvalue weighted by molar-refractivity contribution is 7.22. The minimum absolute atomic E-state index is 0.0328. The van der Waals surface area contributed by atoms with E-state index in [4.69, 9.17) is 9.47 Å². The van der Waals surface area contributed by atoms with Crippen molar-refractivity contribution in [2.45, 2.75) is 20.0 Å². The highest BCUT2D eigenvalue weighted by Gasteiger charge is 2.09. The SMILES string of the molecule is COc1ccc2nc(NC(=O)COC(C)C)sc2c1. The lowest BCUT2D eigenvalue weighted by molar-refractivity contribution is -0.121. The number of anilines is 1. The Morgan fingerprint density at radius 2 is 2.26 bits per heavy atom. The quantitative estimate of drug-likeness (QED) is 0.914. The van der Waals surface area contributed by atoms with E-state index in [1.807, 2.05) is 32.0 Å². The standard InChI is InChI=1S/C13H16N2O3S/c1-8(2)18-7-12(16)15-13-14-10-5-4-9(17-3)6-11(10)19-13/h4-6,8H,7H2,1-3H3,(H,14,15,16). The van der Waals surface area contributed by atoms with Crippen molar-refractivity contribution in [3.63, 3.8) is 0 Å². The molecule has 0 bridgehead atoms. The molecule has 0 aliphatic rings. The highest BCUT2D eigenvalue weighted by Crippen LogP contribution is 2.28. The van der Waals surface area contributed by atoms with Crippen LogP contribution in [0.5, 0.6) is 5.75 Å². The monoisotopic (exact) mass is 280 g/mol. The number of benzene rings is 1. The largest absolute Gasteiger partial charge is 0.497 e. The van der Waals surface area contributed by atoms with Gasteiger partial charge < -0.3 is 9.47 Å². The predicted molar refractivity (Wildman–Crippen MR) is 75.9 cm³/mol. The molecule has 0 aliphatic heterocycles. The van der Waals surface area contributed by atoms with E-state index in [0.29, 0.717) is 5.13 Å². The number of carbonyl (C=O) groups is 1. The van der Waals surface area contributed by atoms with E-state index in [0.717, 1.165) is 16.0 Å². The van der Waals surface area contributed by atoms with Gasteiger partial charge in [-0.15, -0.1) is 0 Å². The van der Waals surface area contributed by atoms with Gasteiger partial charge in [0.1, 0.15) is 12.4 Å². The summed E-state index contributed by atoms with van der Waals surface area (Å²) in [7, 11) is 1.62. The first-order valence-corrected chi connectivity index (χ1v) is 6.76. The van der Waals surface area contributed by atoms with Crippen molar-refractivity contribution in [1.29, 1.82) is 0 Å². The smallest absolute Gasteiger partial charge is 0.252 e. The lowest BCUT2D eigenvalue weighted by Gasteiger charge is -2.06. The van der Waals surface area contributed by atoms with E-state index in [1.54, 1.807) is 7.11 Å². The number of nitrogens with one attached hydrogen (secondary N) is 1. The van der Waals surface area contributed by atoms with Crippen LogP contribution in [0.3, 0.4) is 0 Å².